The Kier molecular flexibility index (Phi) is 9.84. The smallest absolute Gasteiger partial charge is 0.326 e. The van der Waals surface area contributed by atoms with Gasteiger partial charge in [-0.1, -0.05) is 13.8 Å². The van der Waals surface area contributed by atoms with Crippen LogP contribution in [0.2, 0.25) is 0 Å². The summed E-state index contributed by atoms with van der Waals surface area (Å²) >= 11 is 0. The summed E-state index contributed by atoms with van der Waals surface area (Å²) in [6, 6.07) is -3.82. The number of nitrogens with one attached hydrogen (secondary N) is 3. The number of aliphatic hydroxyl groups is 1. The fraction of sp³-hybridized carbons (Fsp3) is 0.643. The topological polar surface area (TPSA) is 214 Å². The first kappa shape index (κ1) is 23.3. The number of hydrogen-bond donors (Lipinski definition) is 7. The zero-order chi connectivity index (χ0) is 20.4. The second kappa shape index (κ2) is 11.0. The Hall–Kier alpha value is -2.73. The van der Waals surface area contributed by atoms with Crippen molar-refractivity contribution in [3.63, 3.8) is 0 Å². The minimum atomic E-state index is -1.41. The van der Waals surface area contributed by atoms with Crippen LogP contribution < -0.4 is 27.4 Å². The lowest BCUT2D eigenvalue weighted by atomic mass is 10.1. The summed E-state index contributed by atoms with van der Waals surface area (Å²) in [5, 5.41) is 24.7. The number of hydrogen-bond acceptors (Lipinski definition) is 7. The van der Waals surface area contributed by atoms with Gasteiger partial charge in [-0.15, -0.1) is 0 Å². The van der Waals surface area contributed by atoms with E-state index in [0.29, 0.717) is 0 Å². The van der Waals surface area contributed by atoms with Crippen molar-refractivity contribution in [2.75, 3.05) is 13.2 Å². The van der Waals surface area contributed by atoms with Gasteiger partial charge in [-0.05, 0) is 5.92 Å². The lowest BCUT2D eigenvalue weighted by Crippen LogP contribution is -2.55. The normalized spacial score (nSPS) is 14.0. The Morgan fingerprint density at radius 2 is 1.62 bits per heavy atom. The molecule has 0 aromatic carbocycles. The van der Waals surface area contributed by atoms with Gasteiger partial charge in [0, 0.05) is 0 Å². The Bertz CT molecular complexity index is 552. The molecule has 0 aromatic heterocycles. The molecular weight excluding hydrogens is 350 g/mol. The van der Waals surface area contributed by atoms with E-state index in [1.54, 1.807) is 13.8 Å². The second-order valence-electron chi connectivity index (χ2n) is 5.87. The third kappa shape index (κ3) is 8.39. The summed E-state index contributed by atoms with van der Waals surface area (Å²) in [4.78, 5) is 57.0. The number of primary amides is 1. The van der Waals surface area contributed by atoms with Gasteiger partial charge in [-0.2, -0.15) is 0 Å². The first-order chi connectivity index (χ1) is 12.0. The maximum Gasteiger partial charge on any atom is 0.326 e. The molecule has 26 heavy (non-hydrogen) atoms. The van der Waals surface area contributed by atoms with Crippen LogP contribution in [0.4, 0.5) is 0 Å². The highest BCUT2D eigenvalue weighted by molar-refractivity contribution is 5.93. The number of aliphatic carboxylic acids is 1. The summed E-state index contributed by atoms with van der Waals surface area (Å²) in [6.45, 7) is 1.86. The van der Waals surface area contributed by atoms with E-state index in [1.807, 2.05) is 0 Å². The molecule has 0 fully saturated rings. The number of aliphatic hydroxyl groups excluding tert-OH is 1. The highest BCUT2D eigenvalue weighted by Crippen LogP contribution is 2.01. The Balaban J connectivity index is 4.58. The fourth-order valence-electron chi connectivity index (χ4n) is 1.81. The number of carboxylic acids is 1. The molecule has 0 aromatic rings. The van der Waals surface area contributed by atoms with E-state index in [4.69, 9.17) is 16.6 Å². The molecule has 148 valence electrons. The first-order valence-corrected chi connectivity index (χ1v) is 7.74. The van der Waals surface area contributed by atoms with Crippen molar-refractivity contribution < 1.29 is 34.2 Å². The van der Waals surface area contributed by atoms with Gasteiger partial charge < -0.3 is 37.6 Å². The number of carbonyl (C=O) groups is 5. The van der Waals surface area contributed by atoms with Crippen molar-refractivity contribution in [3.8, 4) is 0 Å². The molecule has 0 saturated carbocycles. The third-order valence-electron chi connectivity index (χ3n) is 3.25. The lowest BCUT2D eigenvalue weighted by molar-refractivity contribution is -0.143. The largest absolute Gasteiger partial charge is 0.480 e. The summed E-state index contributed by atoms with van der Waals surface area (Å²) in [5.41, 5.74) is 10.3. The number of amides is 4. The SMILES string of the molecule is CC(C)C(NC(=O)CNC(=O)C(CO)NC(=O)C(N)CC(N)=O)C(=O)O. The molecule has 12 heteroatoms. The molecule has 0 radical (unpaired) electrons. The number of carboxylic acid groups (broad SMARTS) is 1. The van der Waals surface area contributed by atoms with Crippen molar-refractivity contribution in [1.29, 1.82) is 0 Å². The van der Waals surface area contributed by atoms with Crippen LogP contribution in [0, 0.1) is 5.92 Å². The minimum Gasteiger partial charge on any atom is -0.480 e. The van der Waals surface area contributed by atoms with Crippen molar-refractivity contribution >= 4 is 29.6 Å². The van der Waals surface area contributed by atoms with Gasteiger partial charge in [-0.3, -0.25) is 19.2 Å². The molecule has 0 aliphatic rings. The van der Waals surface area contributed by atoms with Crippen LogP contribution >= 0.6 is 0 Å². The van der Waals surface area contributed by atoms with Crippen LogP contribution in [-0.2, 0) is 24.0 Å². The average Bonchev–Trinajstić information content (AvgIpc) is 2.53. The van der Waals surface area contributed by atoms with Crippen molar-refractivity contribution in [2.45, 2.75) is 38.4 Å². The van der Waals surface area contributed by atoms with E-state index in [2.05, 4.69) is 16.0 Å². The number of carbonyl (C=O) groups excluding carboxylic acids is 4. The van der Waals surface area contributed by atoms with E-state index in [9.17, 15) is 29.1 Å². The van der Waals surface area contributed by atoms with Crippen molar-refractivity contribution in [3.05, 3.63) is 0 Å². The van der Waals surface area contributed by atoms with E-state index >= 15 is 0 Å². The molecule has 0 aliphatic carbocycles. The highest BCUT2D eigenvalue weighted by atomic mass is 16.4. The van der Waals surface area contributed by atoms with Gasteiger partial charge in [-0.25, -0.2) is 4.79 Å². The quantitative estimate of drug-likeness (QED) is 0.188. The Morgan fingerprint density at radius 1 is 1.04 bits per heavy atom. The number of rotatable bonds is 11. The third-order valence-corrected chi connectivity index (χ3v) is 3.25. The molecule has 9 N–H and O–H groups in total. The van der Waals surface area contributed by atoms with Crippen LogP contribution in [0.25, 0.3) is 0 Å². The second-order valence-corrected chi connectivity index (χ2v) is 5.87. The van der Waals surface area contributed by atoms with Gasteiger partial charge in [0.1, 0.15) is 12.1 Å². The van der Waals surface area contributed by atoms with Crippen LogP contribution in [-0.4, -0.2) is 71.1 Å². The molecule has 4 amide bonds. The van der Waals surface area contributed by atoms with Gasteiger partial charge in [0.2, 0.25) is 23.6 Å². The Morgan fingerprint density at radius 3 is 2.04 bits per heavy atom. The molecule has 3 atom stereocenters. The fourth-order valence-corrected chi connectivity index (χ4v) is 1.81. The van der Waals surface area contributed by atoms with E-state index < -0.39 is 67.3 Å². The van der Waals surface area contributed by atoms with Crippen molar-refractivity contribution in [2.24, 2.45) is 17.4 Å². The molecular formula is C14H25N5O7. The minimum absolute atomic E-state index is 0.372. The predicted molar refractivity (Wildman–Crippen MR) is 88.2 cm³/mol. The van der Waals surface area contributed by atoms with E-state index in [0.717, 1.165) is 0 Å². The maximum atomic E-state index is 11.9. The van der Waals surface area contributed by atoms with Crippen LogP contribution in [0.15, 0.2) is 0 Å². The molecule has 12 nitrogen and oxygen atoms in total. The maximum absolute atomic E-state index is 11.9. The average molecular weight is 375 g/mol. The molecule has 0 rings (SSSR count). The standard InChI is InChI=1S/C14H25N5O7/c1-6(2)11(14(25)26)19-10(22)4-17-13(24)8(5-20)18-12(23)7(15)3-9(16)21/h6-8,11,20H,3-5,15H2,1-2H3,(H2,16,21)(H,17,24)(H,18,23)(H,19,22)(H,25,26). The summed E-state index contributed by atoms with van der Waals surface area (Å²) in [7, 11) is 0. The molecule has 0 spiro atoms. The monoisotopic (exact) mass is 375 g/mol. The van der Waals surface area contributed by atoms with E-state index in [1.165, 1.54) is 0 Å². The van der Waals surface area contributed by atoms with Crippen molar-refractivity contribution in [1.82, 2.24) is 16.0 Å². The lowest BCUT2D eigenvalue weighted by Gasteiger charge is -2.20. The zero-order valence-corrected chi connectivity index (χ0v) is 14.5. The van der Waals surface area contributed by atoms with Crippen LogP contribution in [0.5, 0.6) is 0 Å². The molecule has 0 saturated heterocycles. The molecule has 0 bridgehead atoms. The molecule has 0 heterocycles. The van der Waals surface area contributed by atoms with Gasteiger partial charge >= 0.3 is 5.97 Å². The van der Waals surface area contributed by atoms with E-state index in [-0.39, 0.29) is 5.92 Å². The predicted octanol–water partition coefficient (Wildman–Crippen LogP) is -3.99. The summed E-state index contributed by atoms with van der Waals surface area (Å²) in [5.74, 6) is -4.93. The number of nitrogens with two attached hydrogens (primary N) is 2. The molecule has 3 unspecified atom stereocenters. The first-order valence-electron chi connectivity index (χ1n) is 7.74. The van der Waals surface area contributed by atoms with Gasteiger partial charge in [0.15, 0.2) is 0 Å². The van der Waals surface area contributed by atoms with Crippen LogP contribution in [0.3, 0.4) is 0 Å². The van der Waals surface area contributed by atoms with Gasteiger partial charge in [0.05, 0.1) is 25.6 Å². The zero-order valence-electron chi connectivity index (χ0n) is 14.5. The molecule has 0 aliphatic heterocycles. The Labute approximate surface area is 149 Å². The summed E-state index contributed by atoms with van der Waals surface area (Å²) in [6.07, 6.45) is -0.445. The highest BCUT2D eigenvalue weighted by Gasteiger charge is 2.26. The van der Waals surface area contributed by atoms with Gasteiger partial charge in [0.25, 0.3) is 0 Å². The van der Waals surface area contributed by atoms with Crippen LogP contribution in [0.1, 0.15) is 20.3 Å². The summed E-state index contributed by atoms with van der Waals surface area (Å²) < 4.78 is 0.